The molecule has 0 radical (unpaired) electrons. The van der Waals surface area contributed by atoms with Crippen molar-refractivity contribution in [3.63, 3.8) is 0 Å². The Morgan fingerprint density at radius 2 is 2.18 bits per heavy atom. The number of hydrogen-bond donors (Lipinski definition) is 1. The zero-order chi connectivity index (χ0) is 12.8. The zero-order valence-electron chi connectivity index (χ0n) is 11.0. The Labute approximate surface area is 105 Å². The summed E-state index contributed by atoms with van der Waals surface area (Å²) in [5.41, 5.74) is -0.0252. The molecule has 0 aromatic carbocycles. The van der Waals surface area contributed by atoms with E-state index in [0.29, 0.717) is 18.1 Å². The van der Waals surface area contributed by atoms with Crippen LogP contribution in [-0.2, 0) is 14.6 Å². The molecule has 0 bridgehead atoms. The van der Waals surface area contributed by atoms with Crippen molar-refractivity contribution in [2.75, 3.05) is 38.3 Å². The van der Waals surface area contributed by atoms with Crippen molar-refractivity contribution < 1.29 is 13.2 Å². The van der Waals surface area contributed by atoms with Gasteiger partial charge < -0.3 is 10.1 Å². The largest absolute Gasteiger partial charge is 0.383 e. The highest BCUT2D eigenvalue weighted by molar-refractivity contribution is 7.91. The van der Waals surface area contributed by atoms with Crippen molar-refractivity contribution in [3.05, 3.63) is 0 Å². The lowest BCUT2D eigenvalue weighted by Crippen LogP contribution is -2.36. The molecule has 0 aliphatic carbocycles. The van der Waals surface area contributed by atoms with E-state index in [2.05, 4.69) is 12.2 Å². The minimum Gasteiger partial charge on any atom is -0.383 e. The molecule has 4 nitrogen and oxygen atoms in total. The first-order chi connectivity index (χ1) is 8.04. The van der Waals surface area contributed by atoms with Gasteiger partial charge in [0.25, 0.3) is 0 Å². The van der Waals surface area contributed by atoms with Crippen LogP contribution >= 0.6 is 0 Å². The smallest absolute Gasteiger partial charge is 0.150 e. The van der Waals surface area contributed by atoms with Gasteiger partial charge in [0.15, 0.2) is 9.84 Å². The van der Waals surface area contributed by atoms with E-state index < -0.39 is 9.84 Å². The van der Waals surface area contributed by atoms with E-state index in [4.69, 9.17) is 4.74 Å². The maximum atomic E-state index is 11.6. The fourth-order valence-electron chi connectivity index (χ4n) is 2.49. The Bertz CT molecular complexity index is 316. The average Bonchev–Trinajstić information content (AvgIpc) is 2.59. The van der Waals surface area contributed by atoms with Gasteiger partial charge in [0.05, 0.1) is 18.1 Å². The molecule has 5 heteroatoms. The van der Waals surface area contributed by atoms with Crippen LogP contribution in [0.2, 0.25) is 0 Å². The molecular weight excluding hydrogens is 238 g/mol. The highest BCUT2D eigenvalue weighted by atomic mass is 32.2. The van der Waals surface area contributed by atoms with Gasteiger partial charge in [0, 0.05) is 20.2 Å². The molecule has 1 saturated heterocycles. The van der Waals surface area contributed by atoms with E-state index >= 15 is 0 Å². The normalized spacial score (nSPS) is 27.4. The summed E-state index contributed by atoms with van der Waals surface area (Å²) in [5, 5.41) is 3.33. The first-order valence-corrected chi connectivity index (χ1v) is 8.26. The highest BCUT2D eigenvalue weighted by Crippen LogP contribution is 2.36. The van der Waals surface area contributed by atoms with Crippen molar-refractivity contribution in [1.29, 1.82) is 0 Å². The summed E-state index contributed by atoms with van der Waals surface area (Å²) < 4.78 is 28.3. The van der Waals surface area contributed by atoms with Gasteiger partial charge in [-0.3, -0.25) is 0 Å². The van der Waals surface area contributed by atoms with E-state index in [-0.39, 0.29) is 5.41 Å². The molecule has 1 heterocycles. The molecule has 0 aromatic heterocycles. The number of hydrogen-bond acceptors (Lipinski definition) is 4. The number of rotatable bonds is 8. The Kier molecular flexibility index (Phi) is 5.89. The second-order valence-electron chi connectivity index (χ2n) is 5.12. The van der Waals surface area contributed by atoms with Gasteiger partial charge in [-0.2, -0.15) is 0 Å². The zero-order valence-corrected chi connectivity index (χ0v) is 11.8. The topological polar surface area (TPSA) is 55.4 Å². The molecule has 17 heavy (non-hydrogen) atoms. The molecule has 0 saturated carbocycles. The highest BCUT2D eigenvalue weighted by Gasteiger charge is 2.41. The van der Waals surface area contributed by atoms with Crippen LogP contribution in [0.4, 0.5) is 0 Å². The molecule has 102 valence electrons. The second-order valence-corrected chi connectivity index (χ2v) is 7.30. The lowest BCUT2D eigenvalue weighted by molar-refractivity contribution is 0.190. The third kappa shape index (κ3) is 4.94. The Morgan fingerprint density at radius 1 is 1.41 bits per heavy atom. The van der Waals surface area contributed by atoms with E-state index in [1.165, 1.54) is 0 Å². The van der Waals surface area contributed by atoms with Crippen LogP contribution in [0.1, 0.15) is 32.6 Å². The summed E-state index contributed by atoms with van der Waals surface area (Å²) in [5.74, 6) is 0.725. The number of sulfone groups is 1. The standard InChI is InChI=1S/C12H25NO3S/c1-3-4-5-12(10-13-7-8-16-2)6-9-17(14,15)11-12/h13H,3-11H2,1-2H3. The summed E-state index contributed by atoms with van der Waals surface area (Å²) in [6, 6.07) is 0. The molecular formula is C12H25NO3S. The van der Waals surface area contributed by atoms with Crippen molar-refractivity contribution in [2.45, 2.75) is 32.6 Å². The van der Waals surface area contributed by atoms with Crippen LogP contribution in [0.3, 0.4) is 0 Å². The van der Waals surface area contributed by atoms with Gasteiger partial charge in [0.2, 0.25) is 0 Å². The molecule has 0 spiro atoms. The minimum absolute atomic E-state index is 0.0252. The van der Waals surface area contributed by atoms with E-state index in [9.17, 15) is 8.42 Å². The van der Waals surface area contributed by atoms with Gasteiger partial charge >= 0.3 is 0 Å². The lowest BCUT2D eigenvalue weighted by Gasteiger charge is -2.28. The Hall–Kier alpha value is -0.130. The monoisotopic (exact) mass is 263 g/mol. The van der Waals surface area contributed by atoms with Gasteiger partial charge in [-0.05, 0) is 18.3 Å². The van der Waals surface area contributed by atoms with Crippen LogP contribution in [0.25, 0.3) is 0 Å². The Balaban J connectivity index is 2.49. The summed E-state index contributed by atoms with van der Waals surface area (Å²) in [7, 11) is -1.12. The van der Waals surface area contributed by atoms with Crippen molar-refractivity contribution >= 4 is 9.84 Å². The summed E-state index contributed by atoms with van der Waals surface area (Å²) in [6.45, 7) is 4.42. The van der Waals surface area contributed by atoms with Crippen molar-refractivity contribution in [3.8, 4) is 0 Å². The SMILES string of the molecule is CCCCC1(CNCCOC)CCS(=O)(=O)C1. The summed E-state index contributed by atoms with van der Waals surface area (Å²) in [6.07, 6.45) is 4.07. The lowest BCUT2D eigenvalue weighted by atomic mass is 9.82. The predicted molar refractivity (Wildman–Crippen MR) is 70.0 cm³/mol. The Morgan fingerprint density at radius 3 is 2.71 bits per heavy atom. The summed E-state index contributed by atoms with van der Waals surface area (Å²) >= 11 is 0. The molecule has 1 aliphatic rings. The molecule has 0 amide bonds. The number of ether oxygens (including phenoxy) is 1. The fourth-order valence-corrected chi connectivity index (χ4v) is 4.70. The third-order valence-corrected chi connectivity index (χ3v) is 5.39. The van der Waals surface area contributed by atoms with Crippen LogP contribution in [0.5, 0.6) is 0 Å². The second kappa shape index (κ2) is 6.71. The van der Waals surface area contributed by atoms with Crippen LogP contribution in [0.15, 0.2) is 0 Å². The number of nitrogens with one attached hydrogen (secondary N) is 1. The molecule has 0 aromatic rings. The number of unbranched alkanes of at least 4 members (excludes halogenated alkanes) is 1. The van der Waals surface area contributed by atoms with Gasteiger partial charge in [-0.1, -0.05) is 19.8 Å². The maximum Gasteiger partial charge on any atom is 0.150 e. The molecule has 1 rings (SSSR count). The third-order valence-electron chi connectivity index (χ3n) is 3.51. The number of methoxy groups -OCH3 is 1. The molecule has 1 aliphatic heterocycles. The van der Waals surface area contributed by atoms with Crippen LogP contribution < -0.4 is 5.32 Å². The van der Waals surface area contributed by atoms with Gasteiger partial charge in [-0.15, -0.1) is 0 Å². The van der Waals surface area contributed by atoms with Crippen LogP contribution in [-0.4, -0.2) is 46.7 Å². The van der Waals surface area contributed by atoms with E-state index in [1.807, 2.05) is 0 Å². The summed E-state index contributed by atoms with van der Waals surface area (Å²) in [4.78, 5) is 0. The first kappa shape index (κ1) is 14.9. The molecule has 1 atom stereocenters. The minimum atomic E-state index is -2.80. The average molecular weight is 263 g/mol. The first-order valence-electron chi connectivity index (χ1n) is 6.44. The van der Waals surface area contributed by atoms with Crippen molar-refractivity contribution in [1.82, 2.24) is 5.32 Å². The van der Waals surface area contributed by atoms with E-state index in [1.54, 1.807) is 7.11 Å². The quantitative estimate of drug-likeness (QED) is 0.669. The van der Waals surface area contributed by atoms with Gasteiger partial charge in [-0.25, -0.2) is 8.42 Å². The molecule has 1 N–H and O–H groups in total. The maximum absolute atomic E-state index is 11.6. The van der Waals surface area contributed by atoms with E-state index in [0.717, 1.165) is 38.8 Å². The van der Waals surface area contributed by atoms with Gasteiger partial charge in [0.1, 0.15) is 0 Å². The fraction of sp³-hybridized carbons (Fsp3) is 1.00. The van der Waals surface area contributed by atoms with Crippen molar-refractivity contribution in [2.24, 2.45) is 5.41 Å². The molecule has 1 fully saturated rings. The van der Waals surface area contributed by atoms with Crippen LogP contribution in [0, 0.1) is 5.41 Å². The predicted octanol–water partition coefficient (Wildman–Crippen LogP) is 1.22. The molecule has 1 unspecified atom stereocenters.